The molecule has 1 fully saturated rings. The number of furan rings is 1. The molecule has 1 N–H and O–H groups in total. The van der Waals surface area contributed by atoms with E-state index in [2.05, 4.69) is 18.3 Å². The minimum Gasteiger partial charge on any atom is -0.469 e. The molecule has 2 atom stereocenters. The van der Waals surface area contributed by atoms with Crippen LogP contribution in [0.2, 0.25) is 0 Å². The molecule has 2 rings (SSSR count). The van der Waals surface area contributed by atoms with Gasteiger partial charge < -0.3 is 14.5 Å². The van der Waals surface area contributed by atoms with Gasteiger partial charge in [0, 0.05) is 25.7 Å². The Hall–Kier alpha value is -0.800. The Labute approximate surface area is 104 Å². The standard InChI is InChI=1S/C14H23NO2/c1-2-6-15-13(9-12-5-8-16-11-12)10-14-4-3-7-17-14/h3-4,7,12-13,15H,2,5-6,8-11H2,1H3. The number of hydrogen-bond acceptors (Lipinski definition) is 3. The molecule has 2 heterocycles. The van der Waals surface area contributed by atoms with Gasteiger partial charge in [0.2, 0.25) is 0 Å². The minimum absolute atomic E-state index is 0.521. The maximum atomic E-state index is 5.45. The first-order valence-electron chi connectivity index (χ1n) is 6.72. The van der Waals surface area contributed by atoms with Crippen molar-refractivity contribution in [3.05, 3.63) is 24.2 Å². The summed E-state index contributed by atoms with van der Waals surface area (Å²) in [6, 6.07) is 4.55. The van der Waals surface area contributed by atoms with E-state index in [1.807, 2.05) is 6.07 Å². The van der Waals surface area contributed by atoms with Crippen molar-refractivity contribution >= 4 is 0 Å². The fourth-order valence-corrected chi connectivity index (χ4v) is 2.43. The smallest absolute Gasteiger partial charge is 0.105 e. The van der Waals surface area contributed by atoms with Crippen LogP contribution in [0.25, 0.3) is 0 Å². The van der Waals surface area contributed by atoms with Crippen LogP contribution in [0.3, 0.4) is 0 Å². The van der Waals surface area contributed by atoms with Gasteiger partial charge in [0.25, 0.3) is 0 Å². The summed E-state index contributed by atoms with van der Waals surface area (Å²) in [5.41, 5.74) is 0. The predicted molar refractivity (Wildman–Crippen MR) is 68.0 cm³/mol. The Morgan fingerprint density at radius 1 is 1.53 bits per heavy atom. The van der Waals surface area contributed by atoms with Crippen molar-refractivity contribution in [2.45, 2.75) is 38.6 Å². The maximum absolute atomic E-state index is 5.45. The lowest BCUT2D eigenvalue weighted by molar-refractivity contribution is 0.181. The van der Waals surface area contributed by atoms with Crippen molar-refractivity contribution in [3.63, 3.8) is 0 Å². The van der Waals surface area contributed by atoms with E-state index in [-0.39, 0.29) is 0 Å². The van der Waals surface area contributed by atoms with E-state index in [1.165, 1.54) is 19.3 Å². The summed E-state index contributed by atoms with van der Waals surface area (Å²) in [5, 5.41) is 3.62. The van der Waals surface area contributed by atoms with Gasteiger partial charge in [-0.15, -0.1) is 0 Å². The molecule has 0 radical (unpaired) electrons. The summed E-state index contributed by atoms with van der Waals surface area (Å²) in [6.07, 6.45) is 6.33. The van der Waals surface area contributed by atoms with Gasteiger partial charge in [-0.1, -0.05) is 6.92 Å². The second-order valence-electron chi connectivity index (χ2n) is 4.90. The van der Waals surface area contributed by atoms with Crippen molar-refractivity contribution in [2.75, 3.05) is 19.8 Å². The second-order valence-corrected chi connectivity index (χ2v) is 4.90. The van der Waals surface area contributed by atoms with E-state index in [0.717, 1.165) is 37.9 Å². The quantitative estimate of drug-likeness (QED) is 0.791. The monoisotopic (exact) mass is 237 g/mol. The molecule has 1 aliphatic rings. The van der Waals surface area contributed by atoms with Gasteiger partial charge >= 0.3 is 0 Å². The molecule has 0 spiro atoms. The first-order valence-corrected chi connectivity index (χ1v) is 6.72. The molecule has 1 aromatic rings. The van der Waals surface area contributed by atoms with Crippen molar-refractivity contribution < 1.29 is 9.15 Å². The average Bonchev–Trinajstić information content (AvgIpc) is 2.99. The molecule has 17 heavy (non-hydrogen) atoms. The zero-order valence-electron chi connectivity index (χ0n) is 10.7. The summed E-state index contributed by atoms with van der Waals surface area (Å²) in [7, 11) is 0. The third-order valence-electron chi connectivity index (χ3n) is 3.35. The Kier molecular flexibility index (Phi) is 5.08. The molecule has 0 aromatic carbocycles. The maximum Gasteiger partial charge on any atom is 0.105 e. The van der Waals surface area contributed by atoms with Gasteiger partial charge in [-0.3, -0.25) is 0 Å². The van der Waals surface area contributed by atoms with Gasteiger partial charge in [0.15, 0.2) is 0 Å². The van der Waals surface area contributed by atoms with Gasteiger partial charge in [-0.25, -0.2) is 0 Å². The lowest BCUT2D eigenvalue weighted by Gasteiger charge is -2.20. The minimum atomic E-state index is 0.521. The van der Waals surface area contributed by atoms with Crippen LogP contribution in [0.1, 0.15) is 31.9 Å². The van der Waals surface area contributed by atoms with Crippen LogP contribution in [0.15, 0.2) is 22.8 Å². The van der Waals surface area contributed by atoms with Crippen LogP contribution < -0.4 is 5.32 Å². The fourth-order valence-electron chi connectivity index (χ4n) is 2.43. The highest BCUT2D eigenvalue weighted by molar-refractivity contribution is 5.00. The highest BCUT2D eigenvalue weighted by Crippen LogP contribution is 2.20. The highest BCUT2D eigenvalue weighted by atomic mass is 16.5. The predicted octanol–water partition coefficient (Wildman–Crippen LogP) is 2.62. The van der Waals surface area contributed by atoms with Crippen LogP contribution >= 0.6 is 0 Å². The molecular weight excluding hydrogens is 214 g/mol. The topological polar surface area (TPSA) is 34.4 Å². The first kappa shape index (κ1) is 12.7. The largest absolute Gasteiger partial charge is 0.469 e. The summed E-state index contributed by atoms with van der Waals surface area (Å²) < 4.78 is 10.9. The van der Waals surface area contributed by atoms with E-state index in [1.54, 1.807) is 6.26 Å². The molecule has 1 aromatic heterocycles. The normalized spacial score (nSPS) is 21.8. The Bertz CT molecular complexity index is 291. The van der Waals surface area contributed by atoms with E-state index < -0.39 is 0 Å². The van der Waals surface area contributed by atoms with Crippen LogP contribution in [0.4, 0.5) is 0 Å². The van der Waals surface area contributed by atoms with Crippen LogP contribution in [-0.4, -0.2) is 25.8 Å². The first-order chi connectivity index (χ1) is 8.38. The Morgan fingerprint density at radius 2 is 2.47 bits per heavy atom. The summed E-state index contributed by atoms with van der Waals surface area (Å²) in [6.45, 7) is 5.16. The Balaban J connectivity index is 1.83. The molecule has 96 valence electrons. The average molecular weight is 237 g/mol. The Morgan fingerprint density at radius 3 is 3.12 bits per heavy atom. The molecular formula is C14H23NO2. The molecule has 0 aliphatic carbocycles. The van der Waals surface area contributed by atoms with Crippen LogP contribution in [0.5, 0.6) is 0 Å². The lowest BCUT2D eigenvalue weighted by Crippen LogP contribution is -2.33. The molecule has 0 saturated carbocycles. The molecule has 0 bridgehead atoms. The van der Waals surface area contributed by atoms with Gasteiger partial charge in [0.05, 0.1) is 6.26 Å². The SMILES string of the molecule is CCCNC(Cc1ccco1)CC1CCOC1. The zero-order chi connectivity index (χ0) is 11.9. The molecule has 3 heteroatoms. The van der Waals surface area contributed by atoms with Crippen molar-refractivity contribution in [3.8, 4) is 0 Å². The number of rotatable bonds is 7. The van der Waals surface area contributed by atoms with Crippen LogP contribution in [0, 0.1) is 5.92 Å². The van der Waals surface area contributed by atoms with E-state index in [4.69, 9.17) is 9.15 Å². The third kappa shape index (κ3) is 4.17. The van der Waals surface area contributed by atoms with Gasteiger partial charge in [0.1, 0.15) is 5.76 Å². The number of hydrogen-bond donors (Lipinski definition) is 1. The van der Waals surface area contributed by atoms with Gasteiger partial charge in [-0.2, -0.15) is 0 Å². The van der Waals surface area contributed by atoms with E-state index in [9.17, 15) is 0 Å². The number of nitrogens with one attached hydrogen (secondary N) is 1. The molecule has 2 unspecified atom stereocenters. The summed E-state index contributed by atoms with van der Waals surface area (Å²) in [5.74, 6) is 1.80. The highest BCUT2D eigenvalue weighted by Gasteiger charge is 2.21. The zero-order valence-corrected chi connectivity index (χ0v) is 10.7. The van der Waals surface area contributed by atoms with Crippen LogP contribution in [-0.2, 0) is 11.2 Å². The molecule has 1 saturated heterocycles. The van der Waals surface area contributed by atoms with Crippen molar-refractivity contribution in [1.82, 2.24) is 5.32 Å². The molecule has 1 aliphatic heterocycles. The summed E-state index contributed by atoms with van der Waals surface area (Å²) in [4.78, 5) is 0. The molecule has 0 amide bonds. The van der Waals surface area contributed by atoms with Gasteiger partial charge in [-0.05, 0) is 43.9 Å². The van der Waals surface area contributed by atoms with E-state index >= 15 is 0 Å². The fraction of sp³-hybridized carbons (Fsp3) is 0.714. The van der Waals surface area contributed by atoms with Crippen molar-refractivity contribution in [1.29, 1.82) is 0 Å². The lowest BCUT2D eigenvalue weighted by atomic mass is 9.96. The van der Waals surface area contributed by atoms with Crippen molar-refractivity contribution in [2.24, 2.45) is 5.92 Å². The second kappa shape index (κ2) is 6.82. The third-order valence-corrected chi connectivity index (χ3v) is 3.35. The molecule has 3 nitrogen and oxygen atoms in total. The number of ether oxygens (including phenoxy) is 1. The summed E-state index contributed by atoms with van der Waals surface area (Å²) >= 11 is 0. The van der Waals surface area contributed by atoms with E-state index in [0.29, 0.717) is 6.04 Å².